The molecule has 0 saturated heterocycles. The summed E-state index contributed by atoms with van der Waals surface area (Å²) in [5, 5.41) is 23.5. The molecule has 3 atom stereocenters. The molecule has 11 heteroatoms. The smallest absolute Gasteiger partial charge is 0.251 e. The summed E-state index contributed by atoms with van der Waals surface area (Å²) in [5.41, 5.74) is 0.829. The lowest BCUT2D eigenvalue weighted by Gasteiger charge is -2.30. The van der Waals surface area contributed by atoms with Crippen LogP contribution in [0.3, 0.4) is 0 Å². The van der Waals surface area contributed by atoms with E-state index in [1.165, 1.54) is 12.1 Å². The van der Waals surface area contributed by atoms with Crippen LogP contribution in [0.5, 0.6) is 17.2 Å². The molecule has 3 saturated carbocycles. The quantitative estimate of drug-likeness (QED) is 0.288. The maximum Gasteiger partial charge on any atom is 0.251 e. The minimum atomic E-state index is -1.45. The number of ether oxygens (including phenoxy) is 3. The Morgan fingerprint density at radius 2 is 1.98 bits per heavy atom. The number of hydrogen-bond donors (Lipinski definition) is 2. The van der Waals surface area contributed by atoms with Crippen LogP contribution in [0.2, 0.25) is 0 Å². The number of halogens is 1. The van der Waals surface area contributed by atoms with E-state index in [4.69, 9.17) is 19.2 Å². The molecule has 3 heterocycles. The summed E-state index contributed by atoms with van der Waals surface area (Å²) in [6.45, 7) is -0.0472. The number of methoxy groups -OCH3 is 1. The van der Waals surface area contributed by atoms with Crippen molar-refractivity contribution in [1.82, 2.24) is 25.3 Å². The average molecular weight is 584 g/mol. The lowest BCUT2D eigenvalue weighted by molar-refractivity contribution is 0.00945. The Labute approximate surface area is 246 Å². The van der Waals surface area contributed by atoms with Crippen LogP contribution in [0.4, 0.5) is 4.39 Å². The van der Waals surface area contributed by atoms with Gasteiger partial charge in [-0.3, -0.25) is 4.79 Å². The second-order valence-electron chi connectivity index (χ2n) is 11.9. The number of amides is 1. The molecule has 1 amide bonds. The number of hydrogen-bond acceptors (Lipinski definition) is 8. The number of carbonyl (C=O) groups excluding carboxylic acids is 1. The Bertz CT molecular complexity index is 1720. The third-order valence-electron chi connectivity index (χ3n) is 8.98. The second kappa shape index (κ2) is 9.50. The maximum absolute atomic E-state index is 13.9. The van der Waals surface area contributed by atoms with Crippen LogP contribution < -0.4 is 19.5 Å². The summed E-state index contributed by atoms with van der Waals surface area (Å²) in [6.07, 6.45) is 7.79. The first kappa shape index (κ1) is 26.1. The van der Waals surface area contributed by atoms with E-state index >= 15 is 0 Å². The predicted octanol–water partition coefficient (Wildman–Crippen LogP) is 3.96. The number of aromatic nitrogens is 4. The van der Waals surface area contributed by atoms with Crippen molar-refractivity contribution in [3.8, 4) is 28.5 Å². The summed E-state index contributed by atoms with van der Waals surface area (Å²) in [5.74, 6) is 0.875. The van der Waals surface area contributed by atoms with E-state index in [0.29, 0.717) is 46.2 Å². The molecule has 3 fully saturated rings. The van der Waals surface area contributed by atoms with Crippen molar-refractivity contribution in [3.05, 3.63) is 83.6 Å². The molecule has 0 bridgehead atoms. The van der Waals surface area contributed by atoms with Gasteiger partial charge in [-0.25, -0.2) is 14.1 Å². The van der Waals surface area contributed by atoms with Crippen molar-refractivity contribution in [2.75, 3.05) is 13.7 Å². The first-order valence-corrected chi connectivity index (χ1v) is 14.6. The van der Waals surface area contributed by atoms with Gasteiger partial charge >= 0.3 is 0 Å². The van der Waals surface area contributed by atoms with Crippen LogP contribution in [-0.2, 0) is 11.1 Å². The van der Waals surface area contributed by atoms with E-state index in [2.05, 4.69) is 15.6 Å². The number of nitrogens with zero attached hydrogens (tertiary/aromatic N) is 4. The van der Waals surface area contributed by atoms with Gasteiger partial charge in [0.05, 0.1) is 31.6 Å². The normalized spacial score (nSPS) is 23.0. The van der Waals surface area contributed by atoms with E-state index in [1.807, 2.05) is 6.07 Å². The summed E-state index contributed by atoms with van der Waals surface area (Å²) in [4.78, 5) is 18.3. The van der Waals surface area contributed by atoms with E-state index in [-0.39, 0.29) is 36.4 Å². The molecule has 2 aromatic heterocycles. The lowest BCUT2D eigenvalue weighted by atomic mass is 9.89. The van der Waals surface area contributed by atoms with Gasteiger partial charge in [-0.05, 0) is 80.1 Å². The minimum absolute atomic E-state index is 0.0472. The number of nitrogens with one attached hydrogen (secondary N) is 1. The Balaban J connectivity index is 1.15. The van der Waals surface area contributed by atoms with Crippen LogP contribution in [0.1, 0.15) is 53.7 Å². The van der Waals surface area contributed by atoms with Gasteiger partial charge in [0, 0.05) is 29.3 Å². The Morgan fingerprint density at radius 1 is 1.16 bits per heavy atom. The van der Waals surface area contributed by atoms with Gasteiger partial charge in [0.1, 0.15) is 28.8 Å². The largest absolute Gasteiger partial charge is 0.493 e. The zero-order valence-electron chi connectivity index (χ0n) is 23.5. The zero-order chi connectivity index (χ0) is 29.3. The molecule has 4 aliphatic rings. The fourth-order valence-corrected chi connectivity index (χ4v) is 6.17. The van der Waals surface area contributed by atoms with Crippen LogP contribution in [0.15, 0.2) is 60.9 Å². The topological polar surface area (TPSA) is 121 Å². The van der Waals surface area contributed by atoms with E-state index in [1.54, 1.807) is 54.5 Å². The molecule has 1 aliphatic heterocycles. The standard InChI is InChI=1S/C32H30FN5O5/c1-41-25-14-19(4-11-24(25)42-22-9-10-22)30(39)34-17-32(40,20-5-6-20)26-15-23-29(28(36-26)18-2-7-21(33)8-3-18)43-27-16-31(23,27)38-13-12-35-37-38/h2-4,7-8,11-15,20,22,27,40H,5-6,9-10,16-17H2,1H3,(H,34,39)/t27?,31-,32?/m1/s1. The van der Waals surface area contributed by atoms with Gasteiger partial charge in [0.2, 0.25) is 0 Å². The van der Waals surface area contributed by atoms with Crippen molar-refractivity contribution >= 4 is 5.91 Å². The maximum atomic E-state index is 13.9. The Kier molecular flexibility index (Phi) is 5.78. The Hall–Kier alpha value is -4.51. The fraction of sp³-hybridized carbons (Fsp3) is 0.375. The highest BCUT2D eigenvalue weighted by molar-refractivity contribution is 5.95. The van der Waals surface area contributed by atoms with Gasteiger partial charge in [0.25, 0.3) is 5.91 Å². The summed E-state index contributed by atoms with van der Waals surface area (Å²) < 4.78 is 33.4. The molecule has 2 N–H and O–H groups in total. The number of fused-ring (bicyclic) bond motifs is 3. The van der Waals surface area contributed by atoms with E-state index in [0.717, 1.165) is 31.2 Å². The van der Waals surface area contributed by atoms with Crippen LogP contribution >= 0.6 is 0 Å². The third-order valence-corrected chi connectivity index (χ3v) is 8.98. The highest BCUT2D eigenvalue weighted by atomic mass is 19.1. The number of pyridine rings is 1. The number of benzene rings is 2. The summed E-state index contributed by atoms with van der Waals surface area (Å²) >= 11 is 0. The highest BCUT2D eigenvalue weighted by Gasteiger charge is 2.67. The number of rotatable bonds is 10. The number of carbonyl (C=O) groups is 1. The van der Waals surface area contributed by atoms with Gasteiger partial charge < -0.3 is 24.6 Å². The minimum Gasteiger partial charge on any atom is -0.493 e. The van der Waals surface area contributed by atoms with Gasteiger partial charge in [0.15, 0.2) is 17.2 Å². The monoisotopic (exact) mass is 583 g/mol. The van der Waals surface area contributed by atoms with Crippen LogP contribution in [-0.4, -0.2) is 56.9 Å². The number of aliphatic hydroxyl groups is 1. The molecule has 8 rings (SSSR count). The fourth-order valence-electron chi connectivity index (χ4n) is 6.17. The SMILES string of the molecule is COc1cc(C(=O)NCC(O)(c2cc3c(c(-c4ccc(F)cc4)n2)OC2C[C@@]32n2ccnn2)C2CC2)ccc1OC1CC1. The average Bonchev–Trinajstić information content (AvgIpc) is 3.99. The molecular formula is C32H30FN5O5. The molecule has 220 valence electrons. The molecule has 2 aromatic carbocycles. The van der Waals surface area contributed by atoms with Crippen molar-refractivity contribution in [2.24, 2.45) is 5.92 Å². The Morgan fingerprint density at radius 3 is 2.67 bits per heavy atom. The molecular weight excluding hydrogens is 553 g/mol. The molecule has 3 aliphatic carbocycles. The molecule has 0 spiro atoms. The van der Waals surface area contributed by atoms with Crippen LogP contribution in [0, 0.1) is 11.7 Å². The zero-order valence-corrected chi connectivity index (χ0v) is 23.5. The highest BCUT2D eigenvalue weighted by Crippen LogP contribution is 2.62. The van der Waals surface area contributed by atoms with Gasteiger partial charge in [-0.15, -0.1) is 5.10 Å². The molecule has 2 unspecified atom stereocenters. The molecule has 4 aromatic rings. The second-order valence-corrected chi connectivity index (χ2v) is 11.9. The van der Waals surface area contributed by atoms with Crippen LogP contribution in [0.25, 0.3) is 11.3 Å². The first-order valence-electron chi connectivity index (χ1n) is 14.6. The van der Waals surface area contributed by atoms with Crippen molar-refractivity contribution in [1.29, 1.82) is 0 Å². The van der Waals surface area contributed by atoms with Gasteiger partial charge in [-0.1, -0.05) is 5.21 Å². The van der Waals surface area contributed by atoms with Crippen molar-refractivity contribution in [2.45, 2.75) is 55.5 Å². The van der Waals surface area contributed by atoms with Crippen molar-refractivity contribution in [3.63, 3.8) is 0 Å². The summed E-state index contributed by atoms with van der Waals surface area (Å²) in [6, 6.07) is 13.0. The molecule has 10 nitrogen and oxygen atoms in total. The lowest BCUT2D eigenvalue weighted by Crippen LogP contribution is -2.43. The first-order chi connectivity index (χ1) is 20.9. The molecule has 43 heavy (non-hydrogen) atoms. The third kappa shape index (κ3) is 4.32. The summed E-state index contributed by atoms with van der Waals surface area (Å²) in [7, 11) is 1.54. The molecule has 0 radical (unpaired) electrons. The van der Waals surface area contributed by atoms with Crippen molar-refractivity contribution < 1.29 is 28.5 Å². The van der Waals surface area contributed by atoms with E-state index < -0.39 is 11.1 Å². The van der Waals surface area contributed by atoms with E-state index in [9.17, 15) is 14.3 Å². The van der Waals surface area contributed by atoms with Gasteiger partial charge in [-0.2, -0.15) is 0 Å². The predicted molar refractivity (Wildman–Crippen MR) is 151 cm³/mol.